The second-order valence-electron chi connectivity index (χ2n) is 6.55. The molecule has 6 heteroatoms. The van der Waals surface area contributed by atoms with Gasteiger partial charge in [0.15, 0.2) is 0 Å². The summed E-state index contributed by atoms with van der Waals surface area (Å²) >= 11 is 0. The summed E-state index contributed by atoms with van der Waals surface area (Å²) in [4.78, 5) is 14.5. The number of aryl methyl sites for hydroxylation is 1. The molecule has 0 saturated carbocycles. The van der Waals surface area contributed by atoms with Crippen LogP contribution >= 0.6 is 0 Å². The summed E-state index contributed by atoms with van der Waals surface area (Å²) < 4.78 is 12.5. The summed E-state index contributed by atoms with van der Waals surface area (Å²) in [6, 6.07) is 9.57. The zero-order valence-electron chi connectivity index (χ0n) is 15.2. The van der Waals surface area contributed by atoms with E-state index in [0.29, 0.717) is 12.2 Å². The molecular weight excluding hydrogens is 318 g/mol. The average molecular weight is 341 g/mol. The maximum absolute atomic E-state index is 12.9. The molecule has 0 unspecified atom stereocenters. The Morgan fingerprint density at radius 2 is 2.08 bits per heavy atom. The maximum Gasteiger partial charge on any atom is 0.270 e. The molecule has 0 saturated heterocycles. The van der Waals surface area contributed by atoms with E-state index in [4.69, 9.17) is 9.26 Å². The number of aromatic nitrogens is 2. The normalized spacial score (nSPS) is 11.3. The number of carbonyl (C=O) groups is 1. The highest BCUT2D eigenvalue weighted by atomic mass is 16.5. The predicted octanol–water partition coefficient (Wildman–Crippen LogP) is 3.57. The number of amides is 1. The van der Waals surface area contributed by atoms with Crippen LogP contribution in [0.3, 0.4) is 0 Å². The van der Waals surface area contributed by atoms with E-state index >= 15 is 0 Å². The van der Waals surface area contributed by atoms with Crippen molar-refractivity contribution in [2.45, 2.75) is 26.3 Å². The van der Waals surface area contributed by atoms with Crippen LogP contribution in [0.5, 0.6) is 5.75 Å². The van der Waals surface area contributed by atoms with E-state index in [0.717, 1.165) is 28.1 Å². The molecule has 0 aliphatic heterocycles. The van der Waals surface area contributed by atoms with Crippen molar-refractivity contribution in [3.05, 3.63) is 47.5 Å². The maximum atomic E-state index is 12.9. The van der Waals surface area contributed by atoms with E-state index in [2.05, 4.69) is 5.16 Å². The van der Waals surface area contributed by atoms with Crippen molar-refractivity contribution < 1.29 is 14.1 Å². The van der Waals surface area contributed by atoms with Crippen LogP contribution in [0, 0.1) is 0 Å². The molecule has 6 nitrogen and oxygen atoms in total. The summed E-state index contributed by atoms with van der Waals surface area (Å²) in [5.41, 5.74) is 2.36. The van der Waals surface area contributed by atoms with Gasteiger partial charge < -0.3 is 18.7 Å². The Kier molecular flexibility index (Phi) is 4.53. The Hall–Kier alpha value is -2.76. The number of carbonyl (C=O) groups excluding carboxylic acids is 1. The molecule has 0 bridgehead atoms. The number of benzene rings is 1. The second kappa shape index (κ2) is 6.63. The Bertz CT molecular complexity index is 908. The Labute approximate surface area is 147 Å². The lowest BCUT2D eigenvalue weighted by atomic mass is 10.1. The second-order valence-corrected chi connectivity index (χ2v) is 6.55. The number of fused-ring (bicyclic) bond motifs is 1. The molecule has 25 heavy (non-hydrogen) atoms. The highest BCUT2D eigenvalue weighted by Crippen LogP contribution is 2.25. The number of ether oxygens (including phenoxy) is 1. The smallest absolute Gasteiger partial charge is 0.270 e. The first-order chi connectivity index (χ1) is 11.9. The Balaban J connectivity index is 1.83. The molecule has 0 atom stereocenters. The number of nitrogens with zero attached hydrogens (tertiary/aromatic N) is 3. The molecule has 1 amide bonds. The molecule has 0 radical (unpaired) electrons. The summed E-state index contributed by atoms with van der Waals surface area (Å²) in [6.45, 7) is 4.49. The molecule has 132 valence electrons. The lowest BCUT2D eigenvalue weighted by Gasteiger charge is -2.16. The molecule has 1 aromatic carbocycles. The van der Waals surface area contributed by atoms with Crippen molar-refractivity contribution >= 4 is 16.8 Å². The zero-order chi connectivity index (χ0) is 18.1. The summed E-state index contributed by atoms with van der Waals surface area (Å²) in [6.07, 6.45) is 0. The lowest BCUT2D eigenvalue weighted by Crippen LogP contribution is -2.27. The van der Waals surface area contributed by atoms with Crippen molar-refractivity contribution in [2.24, 2.45) is 7.05 Å². The number of hydrogen-bond acceptors (Lipinski definition) is 4. The third kappa shape index (κ3) is 3.24. The summed E-state index contributed by atoms with van der Waals surface area (Å²) in [5.74, 6) is 1.81. The van der Waals surface area contributed by atoms with Crippen LogP contribution in [0.4, 0.5) is 0 Å². The van der Waals surface area contributed by atoms with Gasteiger partial charge in [-0.15, -0.1) is 0 Å². The lowest BCUT2D eigenvalue weighted by molar-refractivity contribution is 0.0773. The van der Waals surface area contributed by atoms with Crippen molar-refractivity contribution in [3.63, 3.8) is 0 Å². The molecule has 0 N–H and O–H groups in total. The van der Waals surface area contributed by atoms with Crippen LogP contribution in [-0.2, 0) is 13.6 Å². The van der Waals surface area contributed by atoms with Crippen LogP contribution in [0.25, 0.3) is 10.9 Å². The zero-order valence-corrected chi connectivity index (χ0v) is 15.2. The predicted molar refractivity (Wildman–Crippen MR) is 95.9 cm³/mol. The van der Waals surface area contributed by atoms with Gasteiger partial charge in [0.25, 0.3) is 5.91 Å². The van der Waals surface area contributed by atoms with E-state index in [1.807, 2.05) is 55.8 Å². The average Bonchev–Trinajstić information content (AvgIpc) is 3.19. The summed E-state index contributed by atoms with van der Waals surface area (Å²) in [7, 11) is 5.29. The third-order valence-electron chi connectivity index (χ3n) is 4.36. The van der Waals surface area contributed by atoms with Gasteiger partial charge in [-0.3, -0.25) is 4.79 Å². The largest absolute Gasteiger partial charge is 0.497 e. The van der Waals surface area contributed by atoms with Crippen molar-refractivity contribution in [1.82, 2.24) is 14.6 Å². The standard InChI is InChI=1S/C19H23N3O3/c1-12(2)18-10-14(20-25-18)11-21(3)19(23)17-9-13-8-15(24-5)6-7-16(13)22(17)4/h6-10,12H,11H2,1-5H3. The minimum Gasteiger partial charge on any atom is -0.497 e. The van der Waals surface area contributed by atoms with Gasteiger partial charge in [0.1, 0.15) is 22.9 Å². The first-order valence-electron chi connectivity index (χ1n) is 8.25. The van der Waals surface area contributed by atoms with Crippen LogP contribution in [-0.4, -0.2) is 34.7 Å². The van der Waals surface area contributed by atoms with Gasteiger partial charge in [-0.05, 0) is 24.3 Å². The molecule has 3 aromatic rings. The van der Waals surface area contributed by atoms with Crippen molar-refractivity contribution in [3.8, 4) is 5.75 Å². The molecule has 2 aromatic heterocycles. The first kappa shape index (κ1) is 17.1. The quantitative estimate of drug-likeness (QED) is 0.712. The van der Waals surface area contributed by atoms with Crippen LogP contribution in [0.15, 0.2) is 34.9 Å². The number of hydrogen-bond donors (Lipinski definition) is 0. The molecule has 0 aliphatic rings. The van der Waals surface area contributed by atoms with Gasteiger partial charge in [-0.2, -0.15) is 0 Å². The minimum absolute atomic E-state index is 0.0632. The molecular formula is C19H23N3O3. The van der Waals surface area contributed by atoms with Gasteiger partial charge >= 0.3 is 0 Å². The third-order valence-corrected chi connectivity index (χ3v) is 4.36. The monoisotopic (exact) mass is 341 g/mol. The Morgan fingerprint density at radius 1 is 1.32 bits per heavy atom. The fourth-order valence-electron chi connectivity index (χ4n) is 2.84. The van der Waals surface area contributed by atoms with Crippen LogP contribution < -0.4 is 4.74 Å². The van der Waals surface area contributed by atoms with E-state index in [1.54, 1.807) is 19.1 Å². The van der Waals surface area contributed by atoms with Gasteiger partial charge in [-0.25, -0.2) is 0 Å². The fraction of sp³-hybridized carbons (Fsp3) is 0.368. The van der Waals surface area contributed by atoms with Gasteiger partial charge in [0.05, 0.1) is 13.7 Å². The van der Waals surface area contributed by atoms with E-state index < -0.39 is 0 Å². The van der Waals surface area contributed by atoms with Crippen molar-refractivity contribution in [2.75, 3.05) is 14.2 Å². The topological polar surface area (TPSA) is 60.5 Å². The number of methoxy groups -OCH3 is 1. The van der Waals surface area contributed by atoms with Crippen molar-refractivity contribution in [1.29, 1.82) is 0 Å². The first-order valence-corrected chi connectivity index (χ1v) is 8.25. The fourth-order valence-corrected chi connectivity index (χ4v) is 2.84. The highest BCUT2D eigenvalue weighted by Gasteiger charge is 2.19. The molecule has 0 aliphatic carbocycles. The van der Waals surface area contributed by atoms with Crippen LogP contribution in [0.1, 0.15) is 41.7 Å². The van der Waals surface area contributed by atoms with E-state index in [1.165, 1.54) is 0 Å². The highest BCUT2D eigenvalue weighted by molar-refractivity contribution is 5.98. The molecule has 0 fully saturated rings. The number of rotatable bonds is 5. The van der Waals surface area contributed by atoms with Crippen LogP contribution in [0.2, 0.25) is 0 Å². The molecule has 3 rings (SSSR count). The minimum atomic E-state index is -0.0632. The van der Waals surface area contributed by atoms with Gasteiger partial charge in [0.2, 0.25) is 0 Å². The molecule has 0 spiro atoms. The molecule has 2 heterocycles. The summed E-state index contributed by atoms with van der Waals surface area (Å²) in [5, 5.41) is 5.02. The van der Waals surface area contributed by atoms with Gasteiger partial charge in [0, 0.05) is 37.0 Å². The van der Waals surface area contributed by atoms with Gasteiger partial charge in [-0.1, -0.05) is 19.0 Å². The van der Waals surface area contributed by atoms with E-state index in [-0.39, 0.29) is 11.8 Å². The van der Waals surface area contributed by atoms with E-state index in [9.17, 15) is 4.79 Å². The SMILES string of the molecule is COc1ccc2c(c1)cc(C(=O)N(C)Cc1cc(C(C)C)on1)n2C. The Morgan fingerprint density at radius 3 is 2.72 bits per heavy atom.